The highest BCUT2D eigenvalue weighted by Gasteiger charge is 2.29. The van der Waals surface area contributed by atoms with E-state index >= 15 is 0 Å². The van der Waals surface area contributed by atoms with Gasteiger partial charge < -0.3 is 25.2 Å². The average Bonchev–Trinajstić information content (AvgIpc) is 2.12. The van der Waals surface area contributed by atoms with E-state index in [1.54, 1.807) is 22.6 Å². The molecule has 0 unspecified atom stereocenters. The van der Waals surface area contributed by atoms with Crippen molar-refractivity contribution in [3.63, 3.8) is 0 Å². The van der Waals surface area contributed by atoms with Crippen molar-refractivity contribution in [2.24, 2.45) is 0 Å². The van der Waals surface area contributed by atoms with Crippen LogP contribution in [0.2, 0.25) is 0 Å². The van der Waals surface area contributed by atoms with Gasteiger partial charge in [0.1, 0.15) is 18.3 Å². The van der Waals surface area contributed by atoms with E-state index in [0.717, 1.165) is 0 Å². The van der Waals surface area contributed by atoms with Crippen LogP contribution in [0.5, 0.6) is 0 Å². The molecule has 0 rings (SSSR count). The molecule has 0 amide bonds. The van der Waals surface area contributed by atoms with Gasteiger partial charge >= 0.3 is 0 Å². The van der Waals surface area contributed by atoms with Crippen molar-refractivity contribution < 1.29 is 25.2 Å². The Kier molecular flexibility index (Phi) is 5.93. The van der Waals surface area contributed by atoms with E-state index in [9.17, 15) is 4.79 Å². The quantitative estimate of drug-likeness (QED) is 0.268. The van der Waals surface area contributed by atoms with Gasteiger partial charge in [-0.15, -0.1) is 0 Å². The van der Waals surface area contributed by atoms with E-state index in [4.69, 9.17) is 20.4 Å². The SMILES string of the molecule is O=C[C@H](O)[C@@H](O)[C@@H](O)[C@H](O)C[123I]. The van der Waals surface area contributed by atoms with Crippen molar-refractivity contribution in [3.8, 4) is 0 Å². The Labute approximate surface area is 83.2 Å². The van der Waals surface area contributed by atoms with Gasteiger partial charge in [0.05, 0.1) is 6.10 Å². The van der Waals surface area contributed by atoms with Gasteiger partial charge in [-0.25, -0.2) is 0 Å². The molecule has 4 atom stereocenters. The molecule has 0 radical (unpaired) electrons. The predicted molar refractivity (Wildman–Crippen MR) is 49.0 cm³/mol. The number of halogens is 1. The van der Waals surface area contributed by atoms with Gasteiger partial charge in [-0.1, -0.05) is 22.6 Å². The van der Waals surface area contributed by atoms with Crippen LogP contribution in [0.15, 0.2) is 0 Å². The van der Waals surface area contributed by atoms with Gasteiger partial charge in [0, 0.05) is 4.43 Å². The van der Waals surface area contributed by atoms with Crippen molar-refractivity contribution in [2.75, 3.05) is 4.43 Å². The molecule has 0 saturated heterocycles. The lowest BCUT2D eigenvalue weighted by Gasteiger charge is -2.22. The third-order valence-electron chi connectivity index (χ3n) is 1.39. The second kappa shape index (κ2) is 5.81. The summed E-state index contributed by atoms with van der Waals surface area (Å²) < 4.78 is 0.210. The number of aldehydes is 1. The first-order valence-corrected chi connectivity index (χ1v) is 4.80. The van der Waals surface area contributed by atoms with E-state index in [-0.39, 0.29) is 10.7 Å². The second-order valence-corrected chi connectivity index (χ2v) is 3.21. The van der Waals surface area contributed by atoms with E-state index in [0.29, 0.717) is 0 Å². The molecule has 0 aromatic heterocycles. The Morgan fingerprint density at radius 1 is 1.17 bits per heavy atom. The van der Waals surface area contributed by atoms with E-state index in [1.807, 2.05) is 0 Å². The van der Waals surface area contributed by atoms with Gasteiger partial charge in [0.15, 0.2) is 6.29 Å². The standard InChI is InChI=1S/C6H11IO5/c7-1-3(9)5(11)6(12)4(10)2-8/h2-6,9-12H,1H2/t3-,4+,5+,6-/m1/s1/i7-4. The lowest BCUT2D eigenvalue weighted by atomic mass is 10.1. The molecule has 0 aromatic rings. The molecule has 0 aliphatic heterocycles. The van der Waals surface area contributed by atoms with E-state index in [1.165, 1.54) is 0 Å². The molecule has 72 valence electrons. The third-order valence-corrected chi connectivity index (χ3v) is 2.29. The maximum Gasteiger partial charge on any atom is 0.151 e. The fraction of sp³-hybridized carbons (Fsp3) is 0.833. The molecule has 12 heavy (non-hydrogen) atoms. The van der Waals surface area contributed by atoms with Crippen LogP contribution in [-0.2, 0) is 4.79 Å². The van der Waals surface area contributed by atoms with E-state index in [2.05, 4.69) is 0 Å². The first-order valence-electron chi connectivity index (χ1n) is 3.28. The topological polar surface area (TPSA) is 98.0 Å². The van der Waals surface area contributed by atoms with Crippen LogP contribution < -0.4 is 0 Å². The summed E-state index contributed by atoms with van der Waals surface area (Å²) in [7, 11) is 0. The van der Waals surface area contributed by atoms with Gasteiger partial charge in [-0.3, -0.25) is 0 Å². The Morgan fingerprint density at radius 3 is 2.00 bits per heavy atom. The zero-order valence-corrected chi connectivity index (χ0v) is 8.33. The minimum absolute atomic E-state index is 0.105. The molecule has 0 spiro atoms. The van der Waals surface area contributed by atoms with Crippen molar-refractivity contribution in [1.82, 2.24) is 0 Å². The van der Waals surface area contributed by atoms with Gasteiger partial charge in [0.2, 0.25) is 0 Å². The number of alkyl halides is 1. The molecule has 0 aliphatic rings. The predicted octanol–water partition coefficient (Wildman–Crippen LogP) is -1.94. The highest BCUT2D eigenvalue weighted by atomic mass is 123. The molecular formula is C6H11IO5. The first kappa shape index (κ1) is 12.2. The number of carbonyl (C=O) groups is 1. The highest BCUT2D eigenvalue weighted by Crippen LogP contribution is 2.05. The summed E-state index contributed by atoms with van der Waals surface area (Å²) in [6.45, 7) is 0. The maximum absolute atomic E-state index is 9.96. The number of rotatable bonds is 5. The molecule has 0 fully saturated rings. The molecule has 0 saturated carbocycles. The minimum Gasteiger partial charge on any atom is -0.390 e. The molecular weight excluding hydrogens is 275 g/mol. The lowest BCUT2D eigenvalue weighted by Crippen LogP contribution is -2.45. The van der Waals surface area contributed by atoms with Crippen LogP contribution in [0.25, 0.3) is 0 Å². The van der Waals surface area contributed by atoms with Crippen molar-refractivity contribution in [1.29, 1.82) is 0 Å². The number of carbonyl (C=O) groups excluding carboxylic acids is 1. The molecule has 0 bridgehead atoms. The summed E-state index contributed by atoms with van der Waals surface area (Å²) >= 11 is 1.81. The summed E-state index contributed by atoms with van der Waals surface area (Å²) in [5.74, 6) is 0. The van der Waals surface area contributed by atoms with Crippen LogP contribution in [0, 0.1) is 0 Å². The summed E-state index contributed by atoms with van der Waals surface area (Å²) in [5.41, 5.74) is 0. The zero-order valence-electron chi connectivity index (χ0n) is 6.17. The van der Waals surface area contributed by atoms with Gasteiger partial charge in [-0.05, 0) is 0 Å². The van der Waals surface area contributed by atoms with E-state index < -0.39 is 24.4 Å². The zero-order chi connectivity index (χ0) is 9.72. The summed E-state index contributed by atoms with van der Waals surface area (Å²) in [5, 5.41) is 35.8. The lowest BCUT2D eigenvalue weighted by molar-refractivity contribution is -0.131. The molecule has 0 heterocycles. The van der Waals surface area contributed by atoms with Gasteiger partial charge in [0.25, 0.3) is 0 Å². The van der Waals surface area contributed by atoms with Crippen molar-refractivity contribution in [2.45, 2.75) is 24.4 Å². The molecule has 6 heteroatoms. The van der Waals surface area contributed by atoms with Crippen LogP contribution in [0.3, 0.4) is 0 Å². The maximum atomic E-state index is 9.96. The fourth-order valence-electron chi connectivity index (χ4n) is 0.601. The molecule has 5 nitrogen and oxygen atoms in total. The number of hydrogen-bond acceptors (Lipinski definition) is 5. The van der Waals surface area contributed by atoms with Crippen molar-refractivity contribution >= 4 is 28.9 Å². The molecule has 0 aromatic carbocycles. The van der Waals surface area contributed by atoms with Crippen molar-refractivity contribution in [3.05, 3.63) is 0 Å². The Bertz CT molecular complexity index is 142. The Balaban J connectivity index is 4.07. The van der Waals surface area contributed by atoms with Crippen LogP contribution in [-0.4, -0.2) is 55.6 Å². The second-order valence-electron chi connectivity index (χ2n) is 2.33. The fourth-order valence-corrected chi connectivity index (χ4v) is 1.12. The normalized spacial score (nSPS) is 21.1. The van der Waals surface area contributed by atoms with Crippen LogP contribution in [0.4, 0.5) is 0 Å². The van der Waals surface area contributed by atoms with Crippen LogP contribution in [0.1, 0.15) is 0 Å². The number of aliphatic hydroxyl groups is 4. The largest absolute Gasteiger partial charge is 0.390 e. The van der Waals surface area contributed by atoms with Gasteiger partial charge in [-0.2, -0.15) is 0 Å². The molecule has 0 aliphatic carbocycles. The Hall–Kier alpha value is 0.240. The average molecular weight is 286 g/mol. The minimum atomic E-state index is -1.66. The Morgan fingerprint density at radius 2 is 1.67 bits per heavy atom. The third kappa shape index (κ3) is 3.31. The summed E-state index contributed by atoms with van der Waals surface area (Å²) in [4.78, 5) is 9.96. The number of hydrogen-bond donors (Lipinski definition) is 4. The summed E-state index contributed by atoms with van der Waals surface area (Å²) in [6.07, 6.45) is -5.82. The highest BCUT2D eigenvalue weighted by molar-refractivity contribution is 14.1. The molecule has 4 N–H and O–H groups in total. The monoisotopic (exact) mass is 286 g/mol. The summed E-state index contributed by atoms with van der Waals surface area (Å²) in [6, 6.07) is 0. The first-order chi connectivity index (χ1) is 5.54. The van der Waals surface area contributed by atoms with Crippen LogP contribution >= 0.6 is 22.6 Å². The smallest absolute Gasteiger partial charge is 0.151 e. The number of aliphatic hydroxyl groups excluding tert-OH is 4.